The van der Waals surface area contributed by atoms with Crippen LogP contribution >= 0.6 is 0 Å². The fourth-order valence-electron chi connectivity index (χ4n) is 1.93. The summed E-state index contributed by atoms with van der Waals surface area (Å²) in [5.41, 5.74) is 0. The summed E-state index contributed by atoms with van der Waals surface area (Å²) >= 11 is 0. The van der Waals surface area contributed by atoms with Crippen LogP contribution in [-0.2, 0) is 14.3 Å². The fraction of sp³-hybridized carbons (Fsp3) is 0.824. The van der Waals surface area contributed by atoms with Crippen molar-refractivity contribution in [3.63, 3.8) is 0 Å². The molecule has 20 heavy (non-hydrogen) atoms. The van der Waals surface area contributed by atoms with Gasteiger partial charge in [0.2, 0.25) is 0 Å². The van der Waals surface area contributed by atoms with Gasteiger partial charge in [-0.3, -0.25) is 0 Å². The Kier molecular flexibility index (Phi) is 17.4. The lowest BCUT2D eigenvalue weighted by atomic mass is 10.1. The summed E-state index contributed by atoms with van der Waals surface area (Å²) in [6.45, 7) is 3.39. The van der Waals surface area contributed by atoms with Crippen LogP contribution < -0.4 is 0 Å². The van der Waals surface area contributed by atoms with Crippen molar-refractivity contribution >= 4 is 6.29 Å². The van der Waals surface area contributed by atoms with Crippen LogP contribution in [-0.4, -0.2) is 19.7 Å². The molecule has 0 saturated carbocycles. The van der Waals surface area contributed by atoms with Gasteiger partial charge in [-0.1, -0.05) is 45.4 Å². The maximum atomic E-state index is 10.1. The molecule has 118 valence electrons. The highest BCUT2D eigenvalue weighted by atomic mass is 16.7. The van der Waals surface area contributed by atoms with Crippen LogP contribution in [0, 0.1) is 0 Å². The second-order valence-corrected chi connectivity index (χ2v) is 5.14. The molecule has 0 aromatic rings. The molecule has 3 heteroatoms. The summed E-state index contributed by atoms with van der Waals surface area (Å²) < 4.78 is 10.6. The summed E-state index contributed by atoms with van der Waals surface area (Å²) in [4.78, 5) is 10.1. The first-order valence-corrected chi connectivity index (χ1v) is 8.19. The number of hydrogen-bond acceptors (Lipinski definition) is 3. The van der Waals surface area contributed by atoms with Gasteiger partial charge in [-0.25, -0.2) is 0 Å². The number of carbonyl (C=O) groups excluding carboxylic acids is 1. The van der Waals surface area contributed by atoms with E-state index in [-0.39, 0.29) is 0 Å². The molecule has 0 radical (unpaired) electrons. The quantitative estimate of drug-likeness (QED) is 0.173. The van der Waals surface area contributed by atoms with Gasteiger partial charge in [-0.15, -0.1) is 0 Å². The van der Waals surface area contributed by atoms with Crippen molar-refractivity contribution in [2.24, 2.45) is 0 Å². The van der Waals surface area contributed by atoms with Crippen LogP contribution in [0.15, 0.2) is 12.3 Å². The average Bonchev–Trinajstić information content (AvgIpc) is 2.47. The number of allylic oxidation sites excluding steroid dienone is 1. The lowest BCUT2D eigenvalue weighted by Gasteiger charge is -2.03. The zero-order chi connectivity index (χ0) is 14.7. The van der Waals surface area contributed by atoms with Crippen molar-refractivity contribution in [3.05, 3.63) is 12.3 Å². The number of unbranched alkanes of at least 4 members (excludes halogenated alkanes) is 9. The highest BCUT2D eigenvalue weighted by molar-refractivity contribution is 5.48. The highest BCUT2D eigenvalue weighted by Crippen LogP contribution is 2.05. The van der Waals surface area contributed by atoms with Crippen molar-refractivity contribution in [1.29, 1.82) is 0 Å². The molecular weight excluding hydrogens is 252 g/mol. The molecule has 0 aliphatic rings. The Balaban J connectivity index is 3.02. The second-order valence-electron chi connectivity index (χ2n) is 5.14. The van der Waals surface area contributed by atoms with Crippen molar-refractivity contribution in [2.45, 2.75) is 77.6 Å². The van der Waals surface area contributed by atoms with Crippen LogP contribution in [0.2, 0.25) is 0 Å². The first kappa shape index (κ1) is 19.2. The number of carbonyl (C=O) groups is 1. The van der Waals surface area contributed by atoms with E-state index in [2.05, 4.69) is 6.92 Å². The minimum absolute atomic E-state index is 0.358. The number of rotatable bonds is 16. The van der Waals surface area contributed by atoms with E-state index in [1.54, 1.807) is 6.26 Å². The molecular formula is C17H32O3. The maximum absolute atomic E-state index is 10.1. The third-order valence-electron chi connectivity index (χ3n) is 3.18. The van der Waals surface area contributed by atoms with E-state index >= 15 is 0 Å². The standard InChI is InChI=1S/C17H32O3/c1-2-3-4-5-9-12-15-19-17-20-16-13-10-7-6-8-11-14-18/h13-14,16H,2-12,15,17H2,1H3. The highest BCUT2D eigenvalue weighted by Gasteiger charge is 1.91. The number of hydrogen-bond donors (Lipinski definition) is 0. The lowest BCUT2D eigenvalue weighted by Crippen LogP contribution is -1.98. The van der Waals surface area contributed by atoms with Gasteiger partial charge in [0.15, 0.2) is 6.79 Å². The Hall–Kier alpha value is -0.830. The second kappa shape index (κ2) is 18.2. The predicted molar refractivity (Wildman–Crippen MR) is 83.6 cm³/mol. The topological polar surface area (TPSA) is 35.5 Å². The first-order chi connectivity index (χ1) is 9.91. The van der Waals surface area contributed by atoms with E-state index in [4.69, 9.17) is 9.47 Å². The minimum atomic E-state index is 0.358. The Bertz CT molecular complexity index is 214. The van der Waals surface area contributed by atoms with Crippen LogP contribution in [0.1, 0.15) is 77.6 Å². The molecule has 0 fully saturated rings. The van der Waals surface area contributed by atoms with Crippen molar-refractivity contribution in [2.75, 3.05) is 13.4 Å². The Morgan fingerprint density at radius 2 is 1.55 bits per heavy atom. The molecule has 3 nitrogen and oxygen atoms in total. The average molecular weight is 284 g/mol. The van der Waals surface area contributed by atoms with Gasteiger partial charge >= 0.3 is 0 Å². The largest absolute Gasteiger partial charge is 0.475 e. The smallest absolute Gasteiger partial charge is 0.188 e. The van der Waals surface area contributed by atoms with Gasteiger partial charge in [-0.05, 0) is 31.8 Å². The van der Waals surface area contributed by atoms with Crippen molar-refractivity contribution < 1.29 is 14.3 Å². The third-order valence-corrected chi connectivity index (χ3v) is 3.18. The van der Waals surface area contributed by atoms with Gasteiger partial charge < -0.3 is 14.3 Å². The molecule has 0 aromatic heterocycles. The van der Waals surface area contributed by atoms with Crippen molar-refractivity contribution in [3.8, 4) is 0 Å². The van der Waals surface area contributed by atoms with Gasteiger partial charge in [-0.2, -0.15) is 0 Å². The monoisotopic (exact) mass is 284 g/mol. The molecule has 0 saturated heterocycles. The Morgan fingerprint density at radius 3 is 2.35 bits per heavy atom. The molecule has 0 spiro atoms. The molecule has 0 amide bonds. The van der Waals surface area contributed by atoms with E-state index in [0.29, 0.717) is 13.2 Å². The molecule has 0 rings (SSSR count). The Morgan fingerprint density at radius 1 is 0.850 bits per heavy atom. The van der Waals surface area contributed by atoms with E-state index in [0.717, 1.165) is 45.0 Å². The third kappa shape index (κ3) is 17.2. The molecule has 0 aliphatic carbocycles. The first-order valence-electron chi connectivity index (χ1n) is 8.19. The molecule has 0 atom stereocenters. The fourth-order valence-corrected chi connectivity index (χ4v) is 1.93. The summed E-state index contributed by atoms with van der Waals surface area (Å²) in [5.74, 6) is 0. The molecule has 0 heterocycles. The Labute approximate surface area is 124 Å². The van der Waals surface area contributed by atoms with Gasteiger partial charge in [0.1, 0.15) is 6.29 Å². The summed E-state index contributed by atoms with van der Waals surface area (Å²) in [5, 5.41) is 0. The van der Waals surface area contributed by atoms with E-state index < -0.39 is 0 Å². The normalized spacial score (nSPS) is 11.1. The van der Waals surface area contributed by atoms with E-state index in [9.17, 15) is 4.79 Å². The molecule has 0 bridgehead atoms. The van der Waals surface area contributed by atoms with Crippen molar-refractivity contribution in [1.82, 2.24) is 0 Å². The van der Waals surface area contributed by atoms with Crippen LogP contribution in [0.4, 0.5) is 0 Å². The zero-order valence-corrected chi connectivity index (χ0v) is 13.1. The van der Waals surface area contributed by atoms with Crippen LogP contribution in [0.25, 0.3) is 0 Å². The number of aldehydes is 1. The molecule has 0 N–H and O–H groups in total. The molecule has 0 aliphatic heterocycles. The molecule has 0 aromatic carbocycles. The van der Waals surface area contributed by atoms with Crippen LogP contribution in [0.5, 0.6) is 0 Å². The van der Waals surface area contributed by atoms with Gasteiger partial charge in [0, 0.05) is 6.42 Å². The summed E-state index contributed by atoms with van der Waals surface area (Å²) in [6.07, 6.45) is 17.4. The van der Waals surface area contributed by atoms with Gasteiger partial charge in [0.25, 0.3) is 0 Å². The van der Waals surface area contributed by atoms with Crippen LogP contribution in [0.3, 0.4) is 0 Å². The maximum Gasteiger partial charge on any atom is 0.188 e. The predicted octanol–water partition coefficient (Wildman–Crippen LogP) is 5.00. The zero-order valence-electron chi connectivity index (χ0n) is 13.1. The lowest BCUT2D eigenvalue weighted by molar-refractivity contribution is -0.107. The molecule has 0 unspecified atom stereocenters. The van der Waals surface area contributed by atoms with Gasteiger partial charge in [0.05, 0.1) is 12.9 Å². The summed E-state index contributed by atoms with van der Waals surface area (Å²) in [6, 6.07) is 0. The SMILES string of the molecule is CCCCCCCCOCOC=CCCCCCC=O. The van der Waals surface area contributed by atoms with E-state index in [1.165, 1.54) is 32.1 Å². The van der Waals surface area contributed by atoms with E-state index in [1.807, 2.05) is 6.08 Å². The minimum Gasteiger partial charge on any atom is -0.475 e. The number of ether oxygens (including phenoxy) is 2. The summed E-state index contributed by atoms with van der Waals surface area (Å²) in [7, 11) is 0.